The molecule has 0 amide bonds. The Labute approximate surface area is 75.8 Å². The van der Waals surface area contributed by atoms with Crippen molar-refractivity contribution in [3.8, 4) is 0 Å². The number of aldehydes is 1. The first kappa shape index (κ1) is 7.82. The highest BCUT2D eigenvalue weighted by molar-refractivity contribution is 5.75. The normalized spacial score (nSPS) is 14.3. The predicted octanol–water partition coefficient (Wildman–Crippen LogP) is 0.799. The number of hydrazine groups is 2. The van der Waals surface area contributed by atoms with Crippen molar-refractivity contribution in [1.82, 2.24) is 11.0 Å². The van der Waals surface area contributed by atoms with Crippen LogP contribution in [0.1, 0.15) is 10.4 Å². The molecule has 4 heteroatoms. The molecule has 0 atom stereocenters. The third kappa shape index (κ3) is 1.52. The van der Waals surface area contributed by atoms with Crippen LogP contribution in [0.4, 0.5) is 5.69 Å². The van der Waals surface area contributed by atoms with Crippen molar-refractivity contribution in [3.63, 3.8) is 0 Å². The standard InChI is InChI=1S/C9H9N3O/c13-7-8-1-3-9(4-2-8)12-6-5-10-11-12/h1-7,10-11H. The number of hydrogen-bond donors (Lipinski definition) is 2. The fraction of sp³-hybridized carbons (Fsp3) is 0. The van der Waals surface area contributed by atoms with Crippen molar-refractivity contribution in [2.75, 3.05) is 5.01 Å². The number of benzene rings is 1. The van der Waals surface area contributed by atoms with Crippen LogP contribution >= 0.6 is 0 Å². The summed E-state index contributed by atoms with van der Waals surface area (Å²) in [7, 11) is 0. The van der Waals surface area contributed by atoms with Gasteiger partial charge in [0.25, 0.3) is 0 Å². The van der Waals surface area contributed by atoms with Crippen LogP contribution in [-0.2, 0) is 0 Å². The van der Waals surface area contributed by atoms with Gasteiger partial charge in [-0.1, -0.05) is 0 Å². The molecule has 0 spiro atoms. The lowest BCUT2D eigenvalue weighted by atomic mass is 10.2. The van der Waals surface area contributed by atoms with E-state index in [2.05, 4.69) is 11.0 Å². The highest BCUT2D eigenvalue weighted by Crippen LogP contribution is 2.13. The molecule has 1 aromatic carbocycles. The van der Waals surface area contributed by atoms with Gasteiger partial charge in [0.05, 0.1) is 5.69 Å². The van der Waals surface area contributed by atoms with Crippen molar-refractivity contribution >= 4 is 12.0 Å². The average Bonchev–Trinajstić information content (AvgIpc) is 2.71. The Kier molecular flexibility index (Phi) is 1.97. The van der Waals surface area contributed by atoms with Crippen LogP contribution in [0.15, 0.2) is 36.7 Å². The highest BCUT2D eigenvalue weighted by Gasteiger charge is 2.04. The smallest absolute Gasteiger partial charge is 0.150 e. The second-order valence-corrected chi connectivity index (χ2v) is 2.65. The molecular weight excluding hydrogens is 166 g/mol. The van der Waals surface area contributed by atoms with E-state index < -0.39 is 0 Å². The van der Waals surface area contributed by atoms with Crippen molar-refractivity contribution in [2.24, 2.45) is 0 Å². The van der Waals surface area contributed by atoms with Gasteiger partial charge in [-0.25, -0.2) is 0 Å². The Morgan fingerprint density at radius 3 is 2.54 bits per heavy atom. The number of rotatable bonds is 2. The highest BCUT2D eigenvalue weighted by atomic mass is 16.1. The molecule has 0 bridgehead atoms. The third-order valence-corrected chi connectivity index (χ3v) is 1.80. The number of hydrogen-bond acceptors (Lipinski definition) is 4. The lowest BCUT2D eigenvalue weighted by Crippen LogP contribution is -2.35. The number of anilines is 1. The number of carbonyl (C=O) groups excluding carboxylic acids is 1. The van der Waals surface area contributed by atoms with Crippen LogP contribution in [0.3, 0.4) is 0 Å². The number of carbonyl (C=O) groups is 1. The van der Waals surface area contributed by atoms with E-state index in [1.54, 1.807) is 18.3 Å². The Bertz CT molecular complexity index is 331. The molecule has 0 unspecified atom stereocenters. The minimum atomic E-state index is 0.680. The quantitative estimate of drug-likeness (QED) is 0.652. The summed E-state index contributed by atoms with van der Waals surface area (Å²) >= 11 is 0. The molecule has 1 aliphatic rings. The van der Waals surface area contributed by atoms with E-state index in [9.17, 15) is 4.79 Å². The zero-order chi connectivity index (χ0) is 9.10. The number of nitrogens with zero attached hydrogens (tertiary/aromatic N) is 1. The van der Waals surface area contributed by atoms with Crippen LogP contribution in [0.25, 0.3) is 0 Å². The van der Waals surface area contributed by atoms with Crippen molar-refractivity contribution in [1.29, 1.82) is 0 Å². The summed E-state index contributed by atoms with van der Waals surface area (Å²) in [6, 6.07) is 7.29. The molecule has 2 rings (SSSR count). The van der Waals surface area contributed by atoms with Gasteiger partial charge in [-0.15, -0.1) is 5.53 Å². The van der Waals surface area contributed by atoms with Gasteiger partial charge in [0.2, 0.25) is 0 Å². The van der Waals surface area contributed by atoms with Crippen molar-refractivity contribution in [3.05, 3.63) is 42.2 Å². The average molecular weight is 175 g/mol. The van der Waals surface area contributed by atoms with E-state index in [0.717, 1.165) is 12.0 Å². The second kappa shape index (κ2) is 3.28. The first-order chi connectivity index (χ1) is 6.40. The second-order valence-electron chi connectivity index (χ2n) is 2.65. The van der Waals surface area contributed by atoms with Crippen LogP contribution in [0.2, 0.25) is 0 Å². The van der Waals surface area contributed by atoms with Crippen LogP contribution in [-0.4, -0.2) is 6.29 Å². The van der Waals surface area contributed by atoms with E-state index in [1.807, 2.05) is 23.3 Å². The van der Waals surface area contributed by atoms with Crippen LogP contribution in [0, 0.1) is 0 Å². The van der Waals surface area contributed by atoms with Crippen LogP contribution < -0.4 is 16.0 Å². The minimum Gasteiger partial charge on any atom is -0.309 e. The maximum absolute atomic E-state index is 10.4. The summed E-state index contributed by atoms with van der Waals surface area (Å²) in [4.78, 5) is 10.4. The molecule has 0 saturated heterocycles. The summed E-state index contributed by atoms with van der Waals surface area (Å²) in [5, 5.41) is 1.81. The van der Waals surface area contributed by atoms with Crippen LogP contribution in [0.5, 0.6) is 0 Å². The monoisotopic (exact) mass is 175 g/mol. The predicted molar refractivity (Wildman–Crippen MR) is 49.7 cm³/mol. The lowest BCUT2D eigenvalue weighted by molar-refractivity contribution is 0.112. The summed E-state index contributed by atoms with van der Waals surface area (Å²) < 4.78 is 0. The van der Waals surface area contributed by atoms with Crippen molar-refractivity contribution < 1.29 is 4.79 Å². The molecule has 2 N–H and O–H groups in total. The van der Waals surface area contributed by atoms with E-state index in [0.29, 0.717) is 5.56 Å². The fourth-order valence-electron chi connectivity index (χ4n) is 1.12. The molecule has 66 valence electrons. The van der Waals surface area contributed by atoms with Gasteiger partial charge in [0.1, 0.15) is 6.29 Å². The van der Waals surface area contributed by atoms with Gasteiger partial charge in [0, 0.05) is 18.0 Å². The molecule has 1 aromatic rings. The summed E-state index contributed by atoms with van der Waals surface area (Å²) in [6.07, 6.45) is 4.47. The summed E-state index contributed by atoms with van der Waals surface area (Å²) in [5.41, 5.74) is 7.38. The SMILES string of the molecule is O=Cc1ccc(N2C=CNN2)cc1. The summed E-state index contributed by atoms with van der Waals surface area (Å²) in [6.45, 7) is 0. The first-order valence-corrected chi connectivity index (χ1v) is 3.92. The fourth-order valence-corrected chi connectivity index (χ4v) is 1.12. The zero-order valence-corrected chi connectivity index (χ0v) is 6.90. The largest absolute Gasteiger partial charge is 0.309 e. The maximum Gasteiger partial charge on any atom is 0.150 e. The maximum atomic E-state index is 10.4. The molecule has 0 aliphatic carbocycles. The first-order valence-electron chi connectivity index (χ1n) is 3.92. The van der Waals surface area contributed by atoms with E-state index in [-0.39, 0.29) is 0 Å². The molecular formula is C9H9N3O. The Hall–Kier alpha value is -1.81. The number of nitrogens with one attached hydrogen (secondary N) is 2. The summed E-state index contributed by atoms with van der Waals surface area (Å²) in [5.74, 6) is 0. The van der Waals surface area contributed by atoms with Gasteiger partial charge < -0.3 is 5.43 Å². The Balaban J connectivity index is 2.21. The van der Waals surface area contributed by atoms with Gasteiger partial charge >= 0.3 is 0 Å². The van der Waals surface area contributed by atoms with Gasteiger partial charge in [-0.2, -0.15) is 0 Å². The van der Waals surface area contributed by atoms with Gasteiger partial charge in [-0.05, 0) is 24.3 Å². The third-order valence-electron chi connectivity index (χ3n) is 1.80. The minimum absolute atomic E-state index is 0.680. The Morgan fingerprint density at radius 1 is 1.23 bits per heavy atom. The molecule has 0 fully saturated rings. The molecule has 0 aromatic heterocycles. The molecule has 1 aliphatic heterocycles. The van der Waals surface area contributed by atoms with E-state index >= 15 is 0 Å². The topological polar surface area (TPSA) is 44.4 Å². The zero-order valence-electron chi connectivity index (χ0n) is 6.90. The van der Waals surface area contributed by atoms with Gasteiger partial charge in [0.15, 0.2) is 0 Å². The molecule has 0 radical (unpaired) electrons. The molecule has 0 saturated carbocycles. The molecule has 1 heterocycles. The Morgan fingerprint density at radius 2 is 2.00 bits per heavy atom. The molecule has 4 nitrogen and oxygen atoms in total. The van der Waals surface area contributed by atoms with E-state index in [4.69, 9.17) is 0 Å². The van der Waals surface area contributed by atoms with Gasteiger partial charge in [-0.3, -0.25) is 9.80 Å². The molecule has 13 heavy (non-hydrogen) atoms. The van der Waals surface area contributed by atoms with Crippen molar-refractivity contribution in [2.45, 2.75) is 0 Å². The van der Waals surface area contributed by atoms with E-state index in [1.165, 1.54) is 0 Å². The lowest BCUT2D eigenvalue weighted by Gasteiger charge is -2.14.